The lowest BCUT2D eigenvalue weighted by molar-refractivity contribution is -0.171. The molecular formula is C33H36O6S. The third-order valence-corrected chi connectivity index (χ3v) is 8.83. The van der Waals surface area contributed by atoms with Gasteiger partial charge < -0.3 is 23.4 Å². The number of thioether (sulfide) groups is 1. The second-order valence-corrected chi connectivity index (χ2v) is 11.5. The van der Waals surface area contributed by atoms with Gasteiger partial charge in [-0.1, -0.05) is 72.8 Å². The van der Waals surface area contributed by atoms with Crippen LogP contribution in [0.4, 0.5) is 0 Å². The maximum atomic E-state index is 11.7. The topological polar surface area (TPSA) is 67.1 Å². The van der Waals surface area contributed by atoms with E-state index in [1.165, 1.54) is 18.2 Å². The first kappa shape index (κ1) is 28.3. The van der Waals surface area contributed by atoms with Gasteiger partial charge in [-0.15, -0.1) is 11.8 Å². The molecule has 0 amide bonds. The van der Waals surface area contributed by atoms with Gasteiger partial charge in [-0.25, -0.2) is 4.79 Å². The number of carbonyl (C=O) groups excluding carboxylic acids is 1. The molecule has 4 aromatic rings. The van der Waals surface area contributed by atoms with Gasteiger partial charge in [0.25, 0.3) is 0 Å². The van der Waals surface area contributed by atoms with Crippen molar-refractivity contribution >= 4 is 28.7 Å². The van der Waals surface area contributed by atoms with E-state index in [2.05, 4.69) is 67.6 Å². The van der Waals surface area contributed by atoms with Crippen LogP contribution in [0.25, 0.3) is 11.0 Å². The molecule has 1 saturated heterocycles. The summed E-state index contributed by atoms with van der Waals surface area (Å²) in [6.07, 6.45) is 3.59. The summed E-state index contributed by atoms with van der Waals surface area (Å²) in [6, 6.07) is 27.1. The van der Waals surface area contributed by atoms with Crippen LogP contribution in [0, 0.1) is 0 Å². The molecule has 1 aliphatic heterocycles. The van der Waals surface area contributed by atoms with E-state index in [1.807, 2.05) is 30.0 Å². The molecule has 5 rings (SSSR count). The lowest BCUT2D eigenvalue weighted by atomic mass is 9.92. The van der Waals surface area contributed by atoms with E-state index in [4.69, 9.17) is 23.4 Å². The van der Waals surface area contributed by atoms with Crippen molar-refractivity contribution < 1.29 is 28.2 Å². The molecule has 0 aliphatic carbocycles. The van der Waals surface area contributed by atoms with Crippen LogP contribution in [-0.2, 0) is 36.8 Å². The highest BCUT2D eigenvalue weighted by atomic mass is 32.2. The highest BCUT2D eigenvalue weighted by molar-refractivity contribution is 8.00. The quantitative estimate of drug-likeness (QED) is 0.169. The molecule has 210 valence electrons. The summed E-state index contributed by atoms with van der Waals surface area (Å²) in [7, 11) is 1.34. The fourth-order valence-corrected chi connectivity index (χ4v) is 6.43. The monoisotopic (exact) mass is 560 g/mol. The van der Waals surface area contributed by atoms with E-state index >= 15 is 0 Å². The maximum Gasteiger partial charge on any atom is 0.343 e. The largest absolute Gasteiger partial charge is 0.478 e. The van der Waals surface area contributed by atoms with Crippen molar-refractivity contribution in [1.29, 1.82) is 0 Å². The molecular weight excluding hydrogens is 524 g/mol. The lowest BCUT2D eigenvalue weighted by Crippen LogP contribution is -2.22. The normalized spacial score (nSPS) is 15.7. The number of para-hydroxylation sites is 1. The Morgan fingerprint density at radius 2 is 1.70 bits per heavy atom. The van der Waals surface area contributed by atoms with Gasteiger partial charge in [0.15, 0.2) is 24.2 Å². The Labute approximate surface area is 239 Å². The van der Waals surface area contributed by atoms with Crippen LogP contribution in [-0.4, -0.2) is 38.3 Å². The molecule has 0 spiro atoms. The standard InChI is InChI=1S/C33H36O6S/c1-33(24-12-5-3-6-13-24,25-14-7-4-8-15-25)40-21-19-26-27-16-11-17-28(37-23-30(34)35-2)32(27)39-29(26)22-38-31-18-9-10-20-36-31/h3-8,11-17,31H,9-10,18-23H2,1-2H3. The van der Waals surface area contributed by atoms with Crippen LogP contribution in [0.5, 0.6) is 5.75 Å². The van der Waals surface area contributed by atoms with Crippen LogP contribution < -0.4 is 4.74 Å². The van der Waals surface area contributed by atoms with E-state index in [9.17, 15) is 4.79 Å². The van der Waals surface area contributed by atoms with Gasteiger partial charge in [0.2, 0.25) is 0 Å². The van der Waals surface area contributed by atoms with E-state index in [-0.39, 0.29) is 17.6 Å². The zero-order valence-corrected chi connectivity index (χ0v) is 23.9. The average Bonchev–Trinajstić information content (AvgIpc) is 3.38. The molecule has 0 N–H and O–H groups in total. The average molecular weight is 561 g/mol. The summed E-state index contributed by atoms with van der Waals surface area (Å²) >= 11 is 1.91. The molecule has 1 aliphatic rings. The van der Waals surface area contributed by atoms with Crippen LogP contribution in [0.2, 0.25) is 0 Å². The summed E-state index contributed by atoms with van der Waals surface area (Å²) in [5, 5.41) is 0.965. The number of fused-ring (bicyclic) bond motifs is 1. The fourth-order valence-electron chi connectivity index (χ4n) is 5.11. The molecule has 7 heteroatoms. The Balaban J connectivity index is 1.41. The van der Waals surface area contributed by atoms with Crippen LogP contribution in [0.15, 0.2) is 83.3 Å². The van der Waals surface area contributed by atoms with Crippen molar-refractivity contribution in [3.8, 4) is 5.75 Å². The lowest BCUT2D eigenvalue weighted by Gasteiger charge is -2.30. The number of rotatable bonds is 12. The van der Waals surface area contributed by atoms with Gasteiger partial charge in [0.05, 0.1) is 11.9 Å². The molecule has 6 nitrogen and oxygen atoms in total. The smallest absolute Gasteiger partial charge is 0.343 e. The Kier molecular flexibility index (Phi) is 9.47. The molecule has 3 aromatic carbocycles. The molecule has 1 fully saturated rings. The van der Waals surface area contributed by atoms with Crippen molar-refractivity contribution in [3.63, 3.8) is 0 Å². The minimum absolute atomic E-state index is 0.185. The van der Waals surface area contributed by atoms with Crippen molar-refractivity contribution in [2.75, 3.05) is 26.1 Å². The molecule has 1 aromatic heterocycles. The first-order valence-electron chi connectivity index (χ1n) is 13.8. The molecule has 1 atom stereocenters. The Bertz CT molecular complexity index is 1340. The van der Waals surface area contributed by atoms with Crippen molar-refractivity contribution in [1.82, 2.24) is 0 Å². The molecule has 0 saturated carbocycles. The van der Waals surface area contributed by atoms with Crippen molar-refractivity contribution in [2.24, 2.45) is 0 Å². The number of hydrogen-bond donors (Lipinski definition) is 0. The molecule has 0 radical (unpaired) electrons. The predicted octanol–water partition coefficient (Wildman–Crippen LogP) is 7.27. The third kappa shape index (κ3) is 6.54. The first-order chi connectivity index (χ1) is 19.6. The Morgan fingerprint density at radius 1 is 0.975 bits per heavy atom. The molecule has 0 bridgehead atoms. The summed E-state index contributed by atoms with van der Waals surface area (Å²) in [6.45, 7) is 3.14. The van der Waals surface area contributed by atoms with Gasteiger partial charge in [-0.2, -0.15) is 0 Å². The number of carbonyl (C=O) groups is 1. The number of benzene rings is 3. The zero-order chi connectivity index (χ0) is 27.8. The molecule has 40 heavy (non-hydrogen) atoms. The van der Waals surface area contributed by atoms with Gasteiger partial charge in [-0.3, -0.25) is 0 Å². The van der Waals surface area contributed by atoms with Crippen LogP contribution in [0.3, 0.4) is 0 Å². The number of aryl methyl sites for hydroxylation is 1. The van der Waals surface area contributed by atoms with Gasteiger partial charge >= 0.3 is 5.97 Å². The number of ether oxygens (including phenoxy) is 4. The molecule has 1 unspecified atom stereocenters. The number of esters is 1. The summed E-state index contributed by atoms with van der Waals surface area (Å²) in [5.74, 6) is 1.68. The Morgan fingerprint density at radius 3 is 2.35 bits per heavy atom. The summed E-state index contributed by atoms with van der Waals surface area (Å²) in [4.78, 5) is 11.7. The second-order valence-electron chi connectivity index (χ2n) is 9.97. The van der Waals surface area contributed by atoms with E-state index in [1.54, 1.807) is 0 Å². The zero-order valence-electron chi connectivity index (χ0n) is 23.1. The highest BCUT2D eigenvalue weighted by Crippen LogP contribution is 2.43. The number of methoxy groups -OCH3 is 1. The number of hydrogen-bond acceptors (Lipinski definition) is 7. The van der Waals surface area contributed by atoms with Crippen LogP contribution >= 0.6 is 11.8 Å². The van der Waals surface area contributed by atoms with Crippen molar-refractivity contribution in [3.05, 3.63) is 101 Å². The number of furan rings is 1. The third-order valence-electron chi connectivity index (χ3n) is 7.37. The first-order valence-corrected chi connectivity index (χ1v) is 14.8. The van der Waals surface area contributed by atoms with E-state index < -0.39 is 5.97 Å². The minimum atomic E-state index is -0.445. The van der Waals surface area contributed by atoms with E-state index in [0.717, 1.165) is 54.8 Å². The maximum absolute atomic E-state index is 11.7. The highest BCUT2D eigenvalue weighted by Gasteiger charge is 2.30. The second kappa shape index (κ2) is 13.4. The van der Waals surface area contributed by atoms with Crippen molar-refractivity contribution in [2.45, 2.75) is 50.3 Å². The van der Waals surface area contributed by atoms with Gasteiger partial charge in [0, 0.05) is 17.6 Å². The Hall–Kier alpha value is -3.26. The van der Waals surface area contributed by atoms with Crippen LogP contribution in [0.1, 0.15) is 48.6 Å². The minimum Gasteiger partial charge on any atom is -0.478 e. The summed E-state index contributed by atoms with van der Waals surface area (Å²) in [5.41, 5.74) is 4.23. The summed E-state index contributed by atoms with van der Waals surface area (Å²) < 4.78 is 28.6. The fraction of sp³-hybridized carbons (Fsp3) is 0.364. The predicted molar refractivity (Wildman–Crippen MR) is 158 cm³/mol. The van der Waals surface area contributed by atoms with Gasteiger partial charge in [0.1, 0.15) is 12.4 Å². The SMILES string of the molecule is COC(=O)COc1cccc2c(CCSC(C)(c3ccccc3)c3ccccc3)c(COC3CCCCO3)oc12. The van der Waals surface area contributed by atoms with E-state index in [0.29, 0.717) is 17.9 Å². The molecule has 2 heterocycles. The van der Waals surface area contributed by atoms with Gasteiger partial charge in [-0.05, 0) is 55.6 Å².